The normalized spacial score (nSPS) is 22.4. The summed E-state index contributed by atoms with van der Waals surface area (Å²) in [5.41, 5.74) is -0.918. The molecule has 15 heteroatoms. The Morgan fingerprint density at radius 3 is 2.61 bits per heavy atom. The van der Waals surface area contributed by atoms with E-state index in [1.165, 1.54) is 25.1 Å². The molecule has 12 nitrogen and oxygen atoms in total. The van der Waals surface area contributed by atoms with Crippen LogP contribution in [-0.4, -0.2) is 83.1 Å². The van der Waals surface area contributed by atoms with Crippen molar-refractivity contribution in [3.63, 3.8) is 0 Å². The number of aromatic nitrogens is 3. The SMILES string of the molecule is CCOC(=O)[C@@]12C[C@H]1/C=C\CCCCN(C)C(=O)N[C@@H](CCOc1cc(-c3cc(C(F)(F)F)nn3C)nc3c(C)c(OC)ccc13)C(=O)N2. The maximum atomic E-state index is 13.8. The second kappa shape index (κ2) is 14.3. The predicted octanol–water partition coefficient (Wildman–Crippen LogP) is 4.93. The van der Waals surface area contributed by atoms with Crippen LogP contribution in [0.15, 0.2) is 36.4 Å². The van der Waals surface area contributed by atoms with Crippen LogP contribution in [0.1, 0.15) is 50.3 Å². The van der Waals surface area contributed by atoms with Gasteiger partial charge in [-0.25, -0.2) is 14.6 Å². The molecule has 264 valence electrons. The first kappa shape index (κ1) is 35.5. The van der Waals surface area contributed by atoms with Gasteiger partial charge in [-0.1, -0.05) is 12.2 Å². The van der Waals surface area contributed by atoms with Crippen LogP contribution >= 0.6 is 0 Å². The van der Waals surface area contributed by atoms with Crippen molar-refractivity contribution in [2.24, 2.45) is 13.0 Å². The predicted molar refractivity (Wildman–Crippen MR) is 174 cm³/mol. The van der Waals surface area contributed by atoms with Gasteiger partial charge in [-0.3, -0.25) is 9.48 Å². The Balaban J connectivity index is 1.45. The zero-order valence-electron chi connectivity index (χ0n) is 28.1. The first-order valence-electron chi connectivity index (χ1n) is 16.2. The number of alkyl halides is 3. The number of ether oxygens (including phenoxy) is 3. The number of allylic oxidation sites excluding steroid dienone is 1. The molecule has 3 atom stereocenters. The Morgan fingerprint density at radius 2 is 1.92 bits per heavy atom. The molecule has 3 aromatic rings. The molecule has 3 amide bonds. The lowest BCUT2D eigenvalue weighted by Crippen LogP contribution is -2.56. The molecule has 2 aliphatic rings. The van der Waals surface area contributed by atoms with E-state index >= 15 is 0 Å². The quantitative estimate of drug-likeness (QED) is 0.252. The smallest absolute Gasteiger partial charge is 0.435 e. The number of esters is 1. The topological polar surface area (TPSA) is 137 Å². The number of pyridine rings is 1. The number of amides is 3. The van der Waals surface area contributed by atoms with Crippen molar-refractivity contribution < 1.29 is 41.8 Å². The van der Waals surface area contributed by atoms with Gasteiger partial charge < -0.3 is 29.7 Å². The molecule has 0 radical (unpaired) electrons. The third kappa shape index (κ3) is 7.60. The number of rotatable bonds is 8. The highest BCUT2D eigenvalue weighted by Crippen LogP contribution is 2.46. The minimum Gasteiger partial charge on any atom is -0.496 e. The summed E-state index contributed by atoms with van der Waals surface area (Å²) in [6.45, 7) is 4.02. The number of carbonyl (C=O) groups is 3. The molecule has 0 spiro atoms. The van der Waals surface area contributed by atoms with Gasteiger partial charge in [0.2, 0.25) is 5.91 Å². The molecule has 5 rings (SSSR count). The van der Waals surface area contributed by atoms with Crippen molar-refractivity contribution >= 4 is 28.8 Å². The zero-order valence-corrected chi connectivity index (χ0v) is 28.1. The highest BCUT2D eigenvalue weighted by Gasteiger charge is 2.61. The Morgan fingerprint density at radius 1 is 1.14 bits per heavy atom. The van der Waals surface area contributed by atoms with Crippen LogP contribution in [0.4, 0.5) is 18.0 Å². The van der Waals surface area contributed by atoms with Crippen LogP contribution in [-0.2, 0) is 27.5 Å². The third-order valence-electron chi connectivity index (χ3n) is 8.91. The average Bonchev–Trinajstić information content (AvgIpc) is 3.60. The number of hydrogen-bond donors (Lipinski definition) is 2. The van der Waals surface area contributed by atoms with Crippen molar-refractivity contribution in [2.75, 3.05) is 33.9 Å². The Kier molecular flexibility index (Phi) is 10.4. The first-order chi connectivity index (χ1) is 23.3. The maximum absolute atomic E-state index is 13.8. The van der Waals surface area contributed by atoms with E-state index in [0.717, 1.165) is 30.0 Å². The molecule has 0 bridgehead atoms. The van der Waals surface area contributed by atoms with E-state index < -0.39 is 41.4 Å². The lowest BCUT2D eigenvalue weighted by atomic mass is 10.1. The van der Waals surface area contributed by atoms with Gasteiger partial charge in [0.1, 0.15) is 23.1 Å². The molecule has 1 fully saturated rings. The van der Waals surface area contributed by atoms with Crippen LogP contribution in [0.2, 0.25) is 0 Å². The highest BCUT2D eigenvalue weighted by atomic mass is 19.4. The first-order valence-corrected chi connectivity index (χ1v) is 16.2. The van der Waals surface area contributed by atoms with Crippen LogP contribution in [0, 0.1) is 12.8 Å². The van der Waals surface area contributed by atoms with E-state index in [-0.39, 0.29) is 36.9 Å². The summed E-state index contributed by atoms with van der Waals surface area (Å²) in [6.07, 6.45) is 2.04. The summed E-state index contributed by atoms with van der Waals surface area (Å²) in [5, 5.41) is 9.83. The molecule has 1 saturated carbocycles. The molecule has 3 heterocycles. The van der Waals surface area contributed by atoms with Gasteiger partial charge in [-0.05, 0) is 57.7 Å². The fourth-order valence-corrected chi connectivity index (χ4v) is 6.00. The number of methoxy groups -OCH3 is 1. The second-order valence-electron chi connectivity index (χ2n) is 12.3. The number of nitrogens with zero attached hydrogens (tertiary/aromatic N) is 4. The van der Waals surface area contributed by atoms with Gasteiger partial charge in [-0.15, -0.1) is 0 Å². The van der Waals surface area contributed by atoms with Crippen LogP contribution in [0.25, 0.3) is 22.3 Å². The van der Waals surface area contributed by atoms with E-state index in [4.69, 9.17) is 14.2 Å². The van der Waals surface area contributed by atoms with Crippen LogP contribution in [0.3, 0.4) is 0 Å². The Labute approximate surface area is 282 Å². The molecule has 1 aliphatic carbocycles. The maximum Gasteiger partial charge on any atom is 0.435 e. The van der Waals surface area contributed by atoms with Gasteiger partial charge in [0, 0.05) is 50.0 Å². The van der Waals surface area contributed by atoms with E-state index in [0.29, 0.717) is 40.9 Å². The summed E-state index contributed by atoms with van der Waals surface area (Å²) in [6, 6.07) is 4.35. The van der Waals surface area contributed by atoms with Crippen molar-refractivity contribution in [1.29, 1.82) is 0 Å². The van der Waals surface area contributed by atoms with E-state index in [9.17, 15) is 27.6 Å². The number of urea groups is 1. The number of aryl methyl sites for hydroxylation is 2. The van der Waals surface area contributed by atoms with Crippen molar-refractivity contribution in [3.05, 3.63) is 47.7 Å². The summed E-state index contributed by atoms with van der Waals surface area (Å²) in [4.78, 5) is 46.1. The molecule has 1 aromatic carbocycles. The van der Waals surface area contributed by atoms with Gasteiger partial charge >= 0.3 is 18.2 Å². The molecule has 1 aliphatic heterocycles. The van der Waals surface area contributed by atoms with Gasteiger partial charge in [0.25, 0.3) is 0 Å². The molecule has 2 aromatic heterocycles. The van der Waals surface area contributed by atoms with Crippen molar-refractivity contribution in [1.82, 2.24) is 30.3 Å². The molecule has 49 heavy (non-hydrogen) atoms. The second-order valence-corrected chi connectivity index (χ2v) is 12.3. The summed E-state index contributed by atoms with van der Waals surface area (Å²) in [7, 11) is 4.54. The number of nitrogens with one attached hydrogen (secondary N) is 2. The lowest BCUT2D eigenvalue weighted by Gasteiger charge is -2.26. The fraction of sp³-hybridized carbons (Fsp3) is 0.500. The summed E-state index contributed by atoms with van der Waals surface area (Å²) >= 11 is 0. The fourth-order valence-electron chi connectivity index (χ4n) is 6.00. The third-order valence-corrected chi connectivity index (χ3v) is 8.91. The molecular formula is C34H41F3N6O6. The van der Waals surface area contributed by atoms with Crippen molar-refractivity contribution in [3.8, 4) is 22.9 Å². The number of halogens is 3. The number of hydrogen-bond acceptors (Lipinski definition) is 8. The Hall–Kier alpha value is -4.82. The van der Waals surface area contributed by atoms with Gasteiger partial charge in [0.15, 0.2) is 5.69 Å². The molecular weight excluding hydrogens is 645 g/mol. The van der Waals surface area contributed by atoms with E-state index in [1.54, 1.807) is 33.0 Å². The zero-order chi connectivity index (χ0) is 35.5. The van der Waals surface area contributed by atoms with Gasteiger partial charge in [-0.2, -0.15) is 18.3 Å². The number of carbonyl (C=O) groups excluding carboxylic acids is 3. The molecule has 2 N–H and O–H groups in total. The molecule has 0 unspecified atom stereocenters. The Bertz CT molecular complexity index is 1760. The lowest BCUT2D eigenvalue weighted by molar-refractivity contribution is -0.149. The largest absolute Gasteiger partial charge is 0.496 e. The summed E-state index contributed by atoms with van der Waals surface area (Å²) in [5.74, 6) is -0.520. The van der Waals surface area contributed by atoms with Crippen LogP contribution < -0.4 is 20.1 Å². The minimum atomic E-state index is -4.65. The molecule has 0 saturated heterocycles. The van der Waals surface area contributed by atoms with Gasteiger partial charge in [0.05, 0.1) is 37.2 Å². The number of fused-ring (bicyclic) bond motifs is 2. The van der Waals surface area contributed by atoms with E-state index in [2.05, 4.69) is 20.7 Å². The van der Waals surface area contributed by atoms with E-state index in [1.807, 2.05) is 12.2 Å². The standard InChI is InChI=1S/C34H41F3N6O6/c1-6-48-31(45)33-19-21(33)11-9-7-8-10-15-42(3)32(46)39-23(30(44)40-33)14-16-49-27-17-24(25-18-28(34(35,36)37)41-43(25)4)38-29-20(2)26(47-5)13-12-22(27)29/h9,11-13,17-18,21,23H,6-8,10,14-16,19H2,1-5H3,(H,39,46)(H,40,44)/b11-9-/t21-,23+,33-/m1/s1. The van der Waals surface area contributed by atoms with Crippen LogP contribution in [0.5, 0.6) is 11.5 Å². The monoisotopic (exact) mass is 686 g/mol. The highest BCUT2D eigenvalue weighted by molar-refractivity contribution is 5.95. The number of benzene rings is 1. The minimum absolute atomic E-state index is 0.00302. The summed E-state index contributed by atoms with van der Waals surface area (Å²) < 4.78 is 58.6. The average molecular weight is 687 g/mol. The van der Waals surface area contributed by atoms with Crippen molar-refractivity contribution in [2.45, 2.75) is 63.7 Å².